The summed E-state index contributed by atoms with van der Waals surface area (Å²) in [5.41, 5.74) is 1.42. The third-order valence-corrected chi connectivity index (χ3v) is 4.57. The lowest BCUT2D eigenvalue weighted by atomic mass is 10.1. The molecular formula is C21H20ClNO6. The highest BCUT2D eigenvalue weighted by Crippen LogP contribution is 2.38. The molecule has 0 bridgehead atoms. The number of methoxy groups -OCH3 is 3. The highest BCUT2D eigenvalue weighted by atomic mass is 35.5. The largest absolute Gasteiger partial charge is 0.493 e. The quantitative estimate of drug-likeness (QED) is 0.593. The van der Waals surface area contributed by atoms with Crippen molar-refractivity contribution < 1.29 is 28.5 Å². The molecule has 152 valence electrons. The number of ether oxygens (including phenoxy) is 3. The molecule has 2 N–H and O–H groups in total. The van der Waals surface area contributed by atoms with Crippen molar-refractivity contribution in [3.05, 3.63) is 58.8 Å². The Bertz CT molecular complexity index is 1000. The van der Waals surface area contributed by atoms with Crippen LogP contribution in [0, 0.1) is 0 Å². The number of hydrogen-bond donors (Lipinski definition) is 2. The molecule has 2 aromatic carbocycles. The molecule has 0 radical (unpaired) electrons. The molecule has 0 aliphatic heterocycles. The summed E-state index contributed by atoms with van der Waals surface area (Å²) >= 11 is 6.26. The average molecular weight is 418 g/mol. The van der Waals surface area contributed by atoms with Crippen molar-refractivity contribution in [1.82, 2.24) is 0 Å². The minimum atomic E-state index is -0.404. The van der Waals surface area contributed by atoms with Gasteiger partial charge in [0.05, 0.1) is 32.0 Å². The molecule has 3 rings (SSSR count). The topological polar surface area (TPSA) is 90.2 Å². The van der Waals surface area contributed by atoms with Crippen molar-refractivity contribution in [2.24, 2.45) is 0 Å². The average Bonchev–Trinajstić information content (AvgIpc) is 3.23. The Morgan fingerprint density at radius 1 is 1.03 bits per heavy atom. The van der Waals surface area contributed by atoms with Crippen LogP contribution in [0.25, 0.3) is 11.3 Å². The zero-order chi connectivity index (χ0) is 21.0. The SMILES string of the molecule is COc1cc(C(=O)Nc2cc(-c3ccc(CO)o3)ccc2Cl)cc(OC)c1OC. The first-order chi connectivity index (χ1) is 14.0. The number of carbonyl (C=O) groups excluding carboxylic acids is 1. The molecule has 7 nitrogen and oxygen atoms in total. The smallest absolute Gasteiger partial charge is 0.255 e. The van der Waals surface area contributed by atoms with Crippen LogP contribution in [0.15, 0.2) is 46.9 Å². The zero-order valence-corrected chi connectivity index (χ0v) is 16.9. The van der Waals surface area contributed by atoms with Crippen molar-refractivity contribution in [3.63, 3.8) is 0 Å². The molecule has 0 atom stereocenters. The normalized spacial score (nSPS) is 10.5. The van der Waals surface area contributed by atoms with E-state index >= 15 is 0 Å². The van der Waals surface area contributed by atoms with Crippen LogP contribution in [0.4, 0.5) is 5.69 Å². The highest BCUT2D eigenvalue weighted by molar-refractivity contribution is 6.34. The van der Waals surface area contributed by atoms with E-state index < -0.39 is 5.91 Å². The highest BCUT2D eigenvalue weighted by Gasteiger charge is 2.18. The molecule has 0 aliphatic carbocycles. The van der Waals surface area contributed by atoms with Gasteiger partial charge in [-0.15, -0.1) is 0 Å². The van der Waals surface area contributed by atoms with Gasteiger partial charge in [0.1, 0.15) is 18.1 Å². The Labute approximate surface area is 172 Å². The first-order valence-corrected chi connectivity index (χ1v) is 8.99. The van der Waals surface area contributed by atoms with Crippen molar-refractivity contribution in [1.29, 1.82) is 0 Å². The second kappa shape index (κ2) is 8.89. The lowest BCUT2D eigenvalue weighted by Gasteiger charge is -2.14. The molecule has 8 heteroatoms. The maximum atomic E-state index is 12.8. The Morgan fingerprint density at radius 3 is 2.28 bits per heavy atom. The summed E-state index contributed by atoms with van der Waals surface area (Å²) in [6, 6.07) is 11.6. The summed E-state index contributed by atoms with van der Waals surface area (Å²) in [7, 11) is 4.44. The van der Waals surface area contributed by atoms with Gasteiger partial charge in [-0.05, 0) is 42.5 Å². The van der Waals surface area contributed by atoms with Gasteiger partial charge in [0, 0.05) is 11.1 Å². The summed E-state index contributed by atoms with van der Waals surface area (Å²) < 4.78 is 21.4. The second-order valence-electron chi connectivity index (χ2n) is 5.99. The summed E-state index contributed by atoms with van der Waals surface area (Å²) in [5.74, 6) is 1.71. The van der Waals surface area contributed by atoms with E-state index in [2.05, 4.69) is 5.32 Å². The lowest BCUT2D eigenvalue weighted by Crippen LogP contribution is -2.13. The fourth-order valence-electron chi connectivity index (χ4n) is 2.80. The summed E-state index contributed by atoms with van der Waals surface area (Å²) in [6.45, 7) is -0.196. The molecule has 0 unspecified atom stereocenters. The number of nitrogens with one attached hydrogen (secondary N) is 1. The predicted molar refractivity (Wildman–Crippen MR) is 109 cm³/mol. The van der Waals surface area contributed by atoms with Crippen LogP contribution in [0.5, 0.6) is 17.2 Å². The minimum Gasteiger partial charge on any atom is -0.493 e. The van der Waals surface area contributed by atoms with Gasteiger partial charge in [-0.2, -0.15) is 0 Å². The van der Waals surface area contributed by atoms with E-state index in [0.29, 0.717) is 50.6 Å². The Hall–Kier alpha value is -3.16. The van der Waals surface area contributed by atoms with E-state index in [-0.39, 0.29) is 6.61 Å². The summed E-state index contributed by atoms with van der Waals surface area (Å²) in [4.78, 5) is 12.8. The molecule has 29 heavy (non-hydrogen) atoms. The van der Waals surface area contributed by atoms with E-state index in [4.69, 9.17) is 35.3 Å². The lowest BCUT2D eigenvalue weighted by molar-refractivity contribution is 0.102. The number of aliphatic hydroxyl groups excluding tert-OH is 1. The third kappa shape index (κ3) is 4.31. The van der Waals surface area contributed by atoms with Crippen molar-refractivity contribution >= 4 is 23.2 Å². The van der Waals surface area contributed by atoms with Crippen LogP contribution in [0.2, 0.25) is 5.02 Å². The zero-order valence-electron chi connectivity index (χ0n) is 16.1. The molecule has 1 heterocycles. The van der Waals surface area contributed by atoms with E-state index in [1.807, 2.05) is 0 Å². The molecular weight excluding hydrogens is 398 g/mol. The van der Waals surface area contributed by atoms with Gasteiger partial charge in [0.2, 0.25) is 5.75 Å². The third-order valence-electron chi connectivity index (χ3n) is 4.24. The van der Waals surface area contributed by atoms with Gasteiger partial charge in [-0.25, -0.2) is 0 Å². The maximum absolute atomic E-state index is 12.8. The summed E-state index contributed by atoms with van der Waals surface area (Å²) in [6.07, 6.45) is 0. The molecule has 0 fully saturated rings. The van der Waals surface area contributed by atoms with Crippen LogP contribution in [-0.2, 0) is 6.61 Å². The molecule has 0 saturated heterocycles. The van der Waals surface area contributed by atoms with Crippen LogP contribution >= 0.6 is 11.6 Å². The Morgan fingerprint density at radius 2 is 1.72 bits per heavy atom. The predicted octanol–water partition coefficient (Wildman–Crippen LogP) is 4.37. The maximum Gasteiger partial charge on any atom is 0.255 e. The first-order valence-electron chi connectivity index (χ1n) is 8.61. The number of hydrogen-bond acceptors (Lipinski definition) is 6. The molecule has 1 amide bonds. The number of furan rings is 1. The van der Waals surface area contributed by atoms with Gasteiger partial charge in [0.15, 0.2) is 11.5 Å². The Balaban J connectivity index is 1.91. The standard InChI is InChI=1S/C21H20ClNO6/c1-26-18-9-13(10-19(27-2)20(18)28-3)21(25)23-16-8-12(4-6-15(16)22)17-7-5-14(11-24)29-17/h4-10,24H,11H2,1-3H3,(H,23,25). The molecule has 0 saturated carbocycles. The number of carbonyl (C=O) groups is 1. The van der Waals surface area contributed by atoms with Crippen LogP contribution in [0.3, 0.4) is 0 Å². The van der Waals surface area contributed by atoms with Gasteiger partial charge < -0.3 is 29.1 Å². The van der Waals surface area contributed by atoms with E-state index in [1.165, 1.54) is 21.3 Å². The summed E-state index contributed by atoms with van der Waals surface area (Å²) in [5, 5.41) is 12.3. The number of benzene rings is 2. The molecule has 0 spiro atoms. The fourth-order valence-corrected chi connectivity index (χ4v) is 2.96. The van der Waals surface area contributed by atoms with E-state index in [0.717, 1.165) is 0 Å². The van der Waals surface area contributed by atoms with Gasteiger partial charge in [0.25, 0.3) is 5.91 Å². The van der Waals surface area contributed by atoms with Crippen molar-refractivity contribution in [3.8, 4) is 28.6 Å². The molecule has 0 aliphatic rings. The number of halogens is 1. The van der Waals surface area contributed by atoms with Gasteiger partial charge in [-0.3, -0.25) is 4.79 Å². The van der Waals surface area contributed by atoms with E-state index in [9.17, 15) is 4.79 Å². The number of amides is 1. The number of aliphatic hydroxyl groups is 1. The molecule has 1 aromatic heterocycles. The second-order valence-corrected chi connectivity index (χ2v) is 6.39. The van der Waals surface area contributed by atoms with E-state index in [1.54, 1.807) is 42.5 Å². The monoisotopic (exact) mass is 417 g/mol. The van der Waals surface area contributed by atoms with Crippen LogP contribution in [-0.4, -0.2) is 32.3 Å². The minimum absolute atomic E-state index is 0.196. The molecule has 3 aromatic rings. The van der Waals surface area contributed by atoms with Crippen molar-refractivity contribution in [2.75, 3.05) is 26.6 Å². The number of rotatable bonds is 7. The fraction of sp³-hybridized carbons (Fsp3) is 0.190. The van der Waals surface area contributed by atoms with Crippen molar-refractivity contribution in [2.45, 2.75) is 6.61 Å². The van der Waals surface area contributed by atoms with Crippen LogP contribution < -0.4 is 19.5 Å². The Kier molecular flexibility index (Phi) is 6.31. The number of anilines is 1. The van der Waals surface area contributed by atoms with Gasteiger partial charge >= 0.3 is 0 Å². The van der Waals surface area contributed by atoms with Gasteiger partial charge in [-0.1, -0.05) is 11.6 Å². The van der Waals surface area contributed by atoms with Crippen LogP contribution in [0.1, 0.15) is 16.1 Å². The first kappa shape index (κ1) is 20.6.